The number of hydrogen-bond donors (Lipinski definition) is 2. The monoisotopic (exact) mass is 406 g/mol. The number of nitrogens with one attached hydrogen (secondary N) is 2. The SMILES string of the molecule is CCOc1ccc(S(=O)(=O)N2CCC(NC(=O)c3ccc(=O)[nH]n3)CC2)cc1. The van der Waals surface area contributed by atoms with Gasteiger partial charge in [-0.15, -0.1) is 0 Å². The number of piperidine rings is 1. The van der Waals surface area contributed by atoms with Gasteiger partial charge in [0.2, 0.25) is 10.0 Å². The largest absolute Gasteiger partial charge is 0.494 e. The maximum atomic E-state index is 12.8. The first-order chi connectivity index (χ1) is 13.4. The van der Waals surface area contributed by atoms with E-state index in [4.69, 9.17) is 4.74 Å². The molecule has 0 unspecified atom stereocenters. The lowest BCUT2D eigenvalue weighted by Gasteiger charge is -2.31. The smallest absolute Gasteiger partial charge is 0.271 e. The summed E-state index contributed by atoms with van der Waals surface area (Å²) in [5, 5.41) is 8.73. The van der Waals surface area contributed by atoms with Gasteiger partial charge in [-0.3, -0.25) is 9.59 Å². The van der Waals surface area contributed by atoms with Crippen molar-refractivity contribution in [2.45, 2.75) is 30.7 Å². The molecule has 1 aliphatic rings. The fourth-order valence-electron chi connectivity index (χ4n) is 2.99. The van der Waals surface area contributed by atoms with E-state index in [2.05, 4.69) is 15.5 Å². The van der Waals surface area contributed by atoms with Gasteiger partial charge >= 0.3 is 0 Å². The van der Waals surface area contributed by atoms with Gasteiger partial charge in [-0.05, 0) is 50.1 Å². The molecule has 0 radical (unpaired) electrons. The highest BCUT2D eigenvalue weighted by Gasteiger charge is 2.30. The molecule has 0 spiro atoms. The Morgan fingerprint density at radius 1 is 1.21 bits per heavy atom. The number of carbonyl (C=O) groups excluding carboxylic acids is 1. The first-order valence-corrected chi connectivity index (χ1v) is 10.4. The van der Waals surface area contributed by atoms with E-state index in [0.29, 0.717) is 38.3 Å². The van der Waals surface area contributed by atoms with Crippen LogP contribution in [0.2, 0.25) is 0 Å². The molecule has 1 amide bonds. The van der Waals surface area contributed by atoms with Gasteiger partial charge in [0, 0.05) is 25.2 Å². The molecule has 1 fully saturated rings. The maximum absolute atomic E-state index is 12.8. The lowest BCUT2D eigenvalue weighted by Crippen LogP contribution is -2.46. The third-order valence-electron chi connectivity index (χ3n) is 4.47. The molecular formula is C18H22N4O5S. The zero-order valence-corrected chi connectivity index (χ0v) is 16.2. The quantitative estimate of drug-likeness (QED) is 0.730. The van der Waals surface area contributed by atoms with Gasteiger partial charge in [-0.2, -0.15) is 9.40 Å². The second-order valence-corrected chi connectivity index (χ2v) is 8.30. The van der Waals surface area contributed by atoms with Crippen molar-refractivity contribution in [2.75, 3.05) is 19.7 Å². The predicted octanol–water partition coefficient (Wildman–Crippen LogP) is 0.752. The standard InChI is InChI=1S/C18H22N4O5S/c1-2-27-14-3-5-15(6-4-14)28(25,26)22-11-9-13(10-12-22)19-18(24)16-7-8-17(23)21-20-16/h3-8,13H,2,9-12H2,1H3,(H,19,24)(H,21,23). The van der Waals surface area contributed by atoms with E-state index in [1.165, 1.54) is 28.6 Å². The second kappa shape index (κ2) is 8.53. The van der Waals surface area contributed by atoms with Crippen molar-refractivity contribution in [3.63, 3.8) is 0 Å². The number of sulfonamides is 1. The minimum atomic E-state index is -3.59. The number of carbonyl (C=O) groups is 1. The molecule has 0 bridgehead atoms. The average Bonchev–Trinajstić information content (AvgIpc) is 2.69. The minimum Gasteiger partial charge on any atom is -0.494 e. The van der Waals surface area contributed by atoms with Gasteiger partial charge in [0.1, 0.15) is 11.4 Å². The summed E-state index contributed by atoms with van der Waals surface area (Å²) in [5.41, 5.74) is -0.270. The molecule has 2 heterocycles. The molecule has 0 saturated carbocycles. The molecule has 150 valence electrons. The van der Waals surface area contributed by atoms with Gasteiger partial charge in [0.05, 0.1) is 11.5 Å². The Hall–Kier alpha value is -2.72. The zero-order valence-electron chi connectivity index (χ0n) is 15.4. The number of hydrogen-bond acceptors (Lipinski definition) is 6. The second-order valence-electron chi connectivity index (χ2n) is 6.36. The number of aromatic amines is 1. The first-order valence-electron chi connectivity index (χ1n) is 9.00. The maximum Gasteiger partial charge on any atom is 0.271 e. The minimum absolute atomic E-state index is 0.115. The van der Waals surface area contributed by atoms with Gasteiger partial charge in [-0.1, -0.05) is 0 Å². The molecule has 3 rings (SSSR count). The third kappa shape index (κ3) is 4.57. The van der Waals surface area contributed by atoms with Crippen molar-refractivity contribution in [1.82, 2.24) is 19.8 Å². The van der Waals surface area contributed by atoms with Crippen LogP contribution in [0.15, 0.2) is 46.1 Å². The third-order valence-corrected chi connectivity index (χ3v) is 6.39. The number of amides is 1. The number of rotatable bonds is 6. The molecule has 28 heavy (non-hydrogen) atoms. The molecule has 0 atom stereocenters. The van der Waals surface area contributed by atoms with E-state index >= 15 is 0 Å². The molecule has 9 nitrogen and oxygen atoms in total. The lowest BCUT2D eigenvalue weighted by atomic mass is 10.1. The highest BCUT2D eigenvalue weighted by atomic mass is 32.2. The molecular weight excluding hydrogens is 384 g/mol. The summed E-state index contributed by atoms with van der Waals surface area (Å²) < 4.78 is 32.3. The number of aromatic nitrogens is 2. The zero-order chi connectivity index (χ0) is 20.1. The summed E-state index contributed by atoms with van der Waals surface area (Å²) in [5.74, 6) is 0.225. The summed E-state index contributed by atoms with van der Waals surface area (Å²) in [6.07, 6.45) is 0.983. The number of nitrogens with zero attached hydrogens (tertiary/aromatic N) is 2. The van der Waals surface area contributed by atoms with Crippen LogP contribution in [0.5, 0.6) is 5.75 Å². The number of H-pyrrole nitrogens is 1. The van der Waals surface area contributed by atoms with Crippen molar-refractivity contribution in [3.8, 4) is 5.75 Å². The Labute approximate surface area is 162 Å². The van der Waals surface area contributed by atoms with Crippen LogP contribution in [0.1, 0.15) is 30.3 Å². The normalized spacial score (nSPS) is 15.9. The fourth-order valence-corrected chi connectivity index (χ4v) is 4.46. The van der Waals surface area contributed by atoms with Crippen LogP contribution >= 0.6 is 0 Å². The number of benzene rings is 1. The van der Waals surface area contributed by atoms with Crippen molar-refractivity contribution < 1.29 is 17.9 Å². The molecule has 1 aliphatic heterocycles. The van der Waals surface area contributed by atoms with E-state index < -0.39 is 15.9 Å². The highest BCUT2D eigenvalue weighted by Crippen LogP contribution is 2.23. The molecule has 1 saturated heterocycles. The van der Waals surface area contributed by atoms with Crippen LogP contribution in [0.3, 0.4) is 0 Å². The van der Waals surface area contributed by atoms with Crippen LogP contribution in [0, 0.1) is 0 Å². The van der Waals surface area contributed by atoms with E-state index in [1.54, 1.807) is 12.1 Å². The first kappa shape index (κ1) is 20.0. The van der Waals surface area contributed by atoms with Gasteiger partial charge in [-0.25, -0.2) is 13.5 Å². The molecule has 2 aromatic rings. The van der Waals surface area contributed by atoms with E-state index in [1.807, 2.05) is 6.92 Å². The lowest BCUT2D eigenvalue weighted by molar-refractivity contribution is 0.0917. The summed E-state index contributed by atoms with van der Waals surface area (Å²) >= 11 is 0. The summed E-state index contributed by atoms with van der Waals surface area (Å²) in [4.78, 5) is 23.4. The van der Waals surface area contributed by atoms with Crippen LogP contribution < -0.4 is 15.6 Å². The van der Waals surface area contributed by atoms with Crippen molar-refractivity contribution in [2.24, 2.45) is 0 Å². The van der Waals surface area contributed by atoms with Crippen molar-refractivity contribution in [1.29, 1.82) is 0 Å². The summed E-state index contributed by atoms with van der Waals surface area (Å²) in [6, 6.07) is 8.77. The Bertz CT molecular complexity index is 959. The molecule has 0 aliphatic carbocycles. The fraction of sp³-hybridized carbons (Fsp3) is 0.389. The molecule has 1 aromatic heterocycles. The van der Waals surface area contributed by atoms with Crippen molar-refractivity contribution in [3.05, 3.63) is 52.4 Å². The summed E-state index contributed by atoms with van der Waals surface area (Å²) in [6.45, 7) is 2.99. The Kier molecular flexibility index (Phi) is 6.10. The Balaban J connectivity index is 1.58. The predicted molar refractivity (Wildman–Crippen MR) is 102 cm³/mol. The topological polar surface area (TPSA) is 121 Å². The molecule has 1 aromatic carbocycles. The van der Waals surface area contributed by atoms with E-state index in [0.717, 1.165) is 0 Å². The van der Waals surface area contributed by atoms with Gasteiger partial charge in [0.25, 0.3) is 11.5 Å². The Morgan fingerprint density at radius 3 is 2.46 bits per heavy atom. The molecule has 10 heteroatoms. The van der Waals surface area contributed by atoms with Crippen LogP contribution in [0.4, 0.5) is 0 Å². The summed E-state index contributed by atoms with van der Waals surface area (Å²) in [7, 11) is -3.59. The van der Waals surface area contributed by atoms with Crippen LogP contribution in [-0.2, 0) is 10.0 Å². The Morgan fingerprint density at radius 2 is 1.89 bits per heavy atom. The average molecular weight is 406 g/mol. The van der Waals surface area contributed by atoms with Crippen molar-refractivity contribution >= 4 is 15.9 Å². The molecule has 2 N–H and O–H groups in total. The van der Waals surface area contributed by atoms with E-state index in [-0.39, 0.29) is 22.2 Å². The van der Waals surface area contributed by atoms with E-state index in [9.17, 15) is 18.0 Å². The number of ether oxygens (including phenoxy) is 1. The van der Waals surface area contributed by atoms with Gasteiger partial charge < -0.3 is 10.1 Å². The van der Waals surface area contributed by atoms with Crippen LogP contribution in [0.25, 0.3) is 0 Å². The highest BCUT2D eigenvalue weighted by molar-refractivity contribution is 7.89. The van der Waals surface area contributed by atoms with Crippen LogP contribution in [-0.4, -0.2) is 54.6 Å². The van der Waals surface area contributed by atoms with Gasteiger partial charge in [0.15, 0.2) is 0 Å².